The molecule has 0 saturated carbocycles. The number of nitrogens with one attached hydrogen (secondary N) is 2. The molecule has 0 bridgehead atoms. The zero-order valence-corrected chi connectivity index (χ0v) is 16.8. The second-order valence-corrected chi connectivity index (χ2v) is 7.10. The maximum absolute atomic E-state index is 9.24. The van der Waals surface area contributed by atoms with Crippen molar-refractivity contribution >= 4 is 18.1 Å². The number of aliphatic hydroxyl groups excluding tert-OH is 1. The molecule has 1 saturated heterocycles. The van der Waals surface area contributed by atoms with Gasteiger partial charge in [0.15, 0.2) is 0 Å². The first-order valence-electron chi connectivity index (χ1n) is 10.0. The number of nitrogens with zero attached hydrogens (tertiary/aromatic N) is 3. The van der Waals surface area contributed by atoms with Gasteiger partial charge < -0.3 is 15.2 Å². The molecule has 1 fully saturated rings. The molecule has 2 heterocycles. The van der Waals surface area contributed by atoms with E-state index in [1.54, 1.807) is 11.1 Å². The van der Waals surface area contributed by atoms with Crippen molar-refractivity contribution in [3.05, 3.63) is 59.4 Å². The van der Waals surface area contributed by atoms with E-state index in [0.717, 1.165) is 43.6 Å². The normalized spacial score (nSPS) is 14.8. The maximum Gasteiger partial charge on any atom is 0.224 e. The van der Waals surface area contributed by atoms with Crippen LogP contribution in [0.25, 0.3) is 0 Å². The molecule has 1 aliphatic rings. The van der Waals surface area contributed by atoms with Gasteiger partial charge in [0.05, 0.1) is 6.34 Å². The summed E-state index contributed by atoms with van der Waals surface area (Å²) in [6, 6.07) is 8.40. The molecule has 0 atom stereocenters. The highest BCUT2D eigenvalue weighted by molar-refractivity contribution is 5.79. The number of ether oxygens (including phenoxy) is 1. The Morgan fingerprint density at radius 1 is 1.28 bits per heavy atom. The highest BCUT2D eigenvalue weighted by Gasteiger charge is 2.16. The molecular formula is C22H29N5O2. The van der Waals surface area contributed by atoms with Crippen LogP contribution in [0.5, 0.6) is 0 Å². The van der Waals surface area contributed by atoms with E-state index in [0.29, 0.717) is 24.2 Å². The summed E-state index contributed by atoms with van der Waals surface area (Å²) in [5.41, 5.74) is 3.21. The Labute approximate surface area is 172 Å². The molecule has 2 aromatic rings. The molecule has 1 aliphatic heterocycles. The summed E-state index contributed by atoms with van der Waals surface area (Å²) in [4.78, 5) is 10.7. The van der Waals surface area contributed by atoms with Gasteiger partial charge in [0.25, 0.3) is 0 Å². The lowest BCUT2D eigenvalue weighted by Crippen LogP contribution is -2.29. The number of hydrogen-bond acceptors (Lipinski definition) is 6. The monoisotopic (exact) mass is 395 g/mol. The van der Waals surface area contributed by atoms with Crippen LogP contribution in [0.3, 0.4) is 0 Å². The molecule has 154 valence electrons. The number of anilines is 2. The summed E-state index contributed by atoms with van der Waals surface area (Å²) in [5.74, 6) is 1.26. The second kappa shape index (κ2) is 10.7. The molecule has 0 aliphatic carbocycles. The SMILES string of the molecule is Cc1cnc(NC2CCOCC2)nc1N(C=N)/C=C/Cc1ccccc1CCO. The number of rotatable bonds is 9. The fourth-order valence-electron chi connectivity index (χ4n) is 3.38. The average molecular weight is 396 g/mol. The van der Waals surface area contributed by atoms with Crippen LogP contribution >= 0.6 is 0 Å². The van der Waals surface area contributed by atoms with Crippen molar-refractivity contribution in [1.82, 2.24) is 9.97 Å². The number of aryl methyl sites for hydroxylation is 1. The minimum Gasteiger partial charge on any atom is -0.396 e. The molecule has 7 nitrogen and oxygen atoms in total. The summed E-state index contributed by atoms with van der Waals surface area (Å²) in [6.45, 7) is 3.58. The molecule has 3 rings (SSSR count). The summed E-state index contributed by atoms with van der Waals surface area (Å²) in [5, 5.41) is 20.4. The van der Waals surface area contributed by atoms with E-state index in [1.807, 2.05) is 37.4 Å². The fourth-order valence-corrected chi connectivity index (χ4v) is 3.38. The van der Waals surface area contributed by atoms with Crippen LogP contribution in [0, 0.1) is 12.3 Å². The fraction of sp³-hybridized carbons (Fsp3) is 0.409. The number of allylic oxidation sites excluding steroid dienone is 1. The van der Waals surface area contributed by atoms with Gasteiger partial charge in [-0.2, -0.15) is 4.98 Å². The zero-order valence-electron chi connectivity index (χ0n) is 16.8. The minimum absolute atomic E-state index is 0.135. The molecule has 7 heteroatoms. The number of aliphatic hydroxyl groups is 1. The third-order valence-electron chi connectivity index (χ3n) is 4.99. The quantitative estimate of drug-likeness (QED) is 0.446. The van der Waals surface area contributed by atoms with E-state index in [1.165, 1.54) is 11.9 Å². The molecular weight excluding hydrogens is 366 g/mol. The molecule has 1 aromatic carbocycles. The van der Waals surface area contributed by atoms with Crippen LogP contribution in [0.4, 0.5) is 11.8 Å². The highest BCUT2D eigenvalue weighted by Crippen LogP contribution is 2.20. The van der Waals surface area contributed by atoms with Crippen molar-refractivity contribution in [2.45, 2.75) is 38.6 Å². The largest absolute Gasteiger partial charge is 0.396 e. The van der Waals surface area contributed by atoms with Crippen molar-refractivity contribution in [2.75, 3.05) is 30.0 Å². The van der Waals surface area contributed by atoms with Crippen LogP contribution in [-0.4, -0.2) is 47.3 Å². The van der Waals surface area contributed by atoms with E-state index in [-0.39, 0.29) is 6.61 Å². The number of aromatic nitrogens is 2. The van der Waals surface area contributed by atoms with Crippen LogP contribution in [0.1, 0.15) is 29.5 Å². The Morgan fingerprint density at radius 2 is 2.03 bits per heavy atom. The van der Waals surface area contributed by atoms with E-state index >= 15 is 0 Å². The van der Waals surface area contributed by atoms with Gasteiger partial charge in [-0.3, -0.25) is 10.3 Å². The molecule has 0 amide bonds. The lowest BCUT2D eigenvalue weighted by molar-refractivity contribution is 0.0903. The molecule has 1 aromatic heterocycles. The first-order chi connectivity index (χ1) is 14.2. The molecule has 0 spiro atoms. The molecule has 29 heavy (non-hydrogen) atoms. The standard InChI is InChI=1S/C22H29N5O2/c1-17-15-24-22(25-20-9-13-29-14-10-20)26-21(17)27(16-23)11-4-7-18-5-2-3-6-19(18)8-12-28/h2-6,11,15-16,20,23,28H,7-10,12-14H2,1H3,(H,24,25,26)/b11-4+,23-16?. The van der Waals surface area contributed by atoms with Crippen molar-refractivity contribution in [3.63, 3.8) is 0 Å². The number of benzene rings is 1. The van der Waals surface area contributed by atoms with E-state index in [2.05, 4.69) is 21.4 Å². The van der Waals surface area contributed by atoms with Gasteiger partial charge in [-0.05, 0) is 43.7 Å². The lowest BCUT2D eigenvalue weighted by Gasteiger charge is -2.24. The average Bonchev–Trinajstić information content (AvgIpc) is 2.75. The topological polar surface area (TPSA) is 94.4 Å². The first-order valence-corrected chi connectivity index (χ1v) is 10.0. The Morgan fingerprint density at radius 3 is 2.76 bits per heavy atom. The summed E-state index contributed by atoms with van der Waals surface area (Å²) in [7, 11) is 0. The van der Waals surface area contributed by atoms with Gasteiger partial charge in [-0.15, -0.1) is 0 Å². The molecule has 0 unspecified atom stereocenters. The van der Waals surface area contributed by atoms with Gasteiger partial charge >= 0.3 is 0 Å². The maximum atomic E-state index is 9.24. The summed E-state index contributed by atoms with van der Waals surface area (Å²) >= 11 is 0. The lowest BCUT2D eigenvalue weighted by atomic mass is 10.0. The van der Waals surface area contributed by atoms with Crippen LogP contribution in [-0.2, 0) is 17.6 Å². The van der Waals surface area contributed by atoms with Gasteiger partial charge in [-0.1, -0.05) is 30.3 Å². The van der Waals surface area contributed by atoms with Gasteiger partial charge in [0.2, 0.25) is 5.95 Å². The van der Waals surface area contributed by atoms with Crippen molar-refractivity contribution in [1.29, 1.82) is 5.41 Å². The van der Waals surface area contributed by atoms with Crippen molar-refractivity contribution in [3.8, 4) is 0 Å². The first kappa shape index (κ1) is 21.0. The van der Waals surface area contributed by atoms with Gasteiger partial charge in [0.1, 0.15) is 5.82 Å². The van der Waals surface area contributed by atoms with Crippen LogP contribution < -0.4 is 10.2 Å². The third-order valence-corrected chi connectivity index (χ3v) is 4.99. The van der Waals surface area contributed by atoms with Crippen molar-refractivity contribution < 1.29 is 9.84 Å². The van der Waals surface area contributed by atoms with Crippen molar-refractivity contribution in [2.24, 2.45) is 0 Å². The van der Waals surface area contributed by atoms with Gasteiger partial charge in [0, 0.05) is 43.8 Å². The summed E-state index contributed by atoms with van der Waals surface area (Å²) < 4.78 is 5.40. The minimum atomic E-state index is 0.135. The molecule has 3 N–H and O–H groups in total. The second-order valence-electron chi connectivity index (χ2n) is 7.10. The highest BCUT2D eigenvalue weighted by atomic mass is 16.5. The smallest absolute Gasteiger partial charge is 0.224 e. The van der Waals surface area contributed by atoms with E-state index < -0.39 is 0 Å². The molecule has 0 radical (unpaired) electrons. The zero-order chi connectivity index (χ0) is 20.5. The summed E-state index contributed by atoms with van der Waals surface area (Å²) in [6.07, 6.45) is 10.1. The predicted molar refractivity (Wildman–Crippen MR) is 116 cm³/mol. The van der Waals surface area contributed by atoms with E-state index in [9.17, 15) is 5.11 Å². The van der Waals surface area contributed by atoms with E-state index in [4.69, 9.17) is 10.1 Å². The van der Waals surface area contributed by atoms with Crippen LogP contribution in [0.2, 0.25) is 0 Å². The Bertz CT molecular complexity index is 834. The Hall–Kier alpha value is -2.77. The third kappa shape index (κ3) is 5.85. The van der Waals surface area contributed by atoms with Crippen LogP contribution in [0.15, 0.2) is 42.7 Å². The number of hydrogen-bond donors (Lipinski definition) is 3. The van der Waals surface area contributed by atoms with Gasteiger partial charge in [-0.25, -0.2) is 4.98 Å². The predicted octanol–water partition coefficient (Wildman–Crippen LogP) is 3.08. The Balaban J connectivity index is 1.71. The Kier molecular flexibility index (Phi) is 7.72.